The van der Waals surface area contributed by atoms with Crippen LogP contribution >= 0.6 is 28.3 Å². The number of hydrogen-bond donors (Lipinski definition) is 1. The number of morpholine rings is 1. The molecule has 0 radical (unpaired) electrons. The maximum absolute atomic E-state index is 5.95. The van der Waals surface area contributed by atoms with Crippen LogP contribution in [-0.2, 0) is 4.74 Å². The van der Waals surface area contributed by atoms with E-state index in [1.165, 1.54) is 38.0 Å². The normalized spacial score (nSPS) is 24.5. The van der Waals surface area contributed by atoms with Gasteiger partial charge in [-0.3, -0.25) is 4.90 Å². The molecular formula is C16H24BrClN2O. The van der Waals surface area contributed by atoms with Crippen molar-refractivity contribution in [1.29, 1.82) is 0 Å². The molecule has 0 saturated carbocycles. The van der Waals surface area contributed by atoms with Gasteiger partial charge in [0, 0.05) is 24.1 Å². The summed E-state index contributed by atoms with van der Waals surface area (Å²) < 4.78 is 7.08. The first kappa shape index (κ1) is 17.2. The summed E-state index contributed by atoms with van der Waals surface area (Å²) in [5, 5.41) is 3.44. The van der Waals surface area contributed by atoms with E-state index in [0.717, 1.165) is 30.1 Å². The maximum atomic E-state index is 5.95. The van der Waals surface area contributed by atoms with Crippen molar-refractivity contribution < 1.29 is 4.74 Å². The van der Waals surface area contributed by atoms with E-state index in [1.54, 1.807) is 0 Å². The Hall–Kier alpha value is -0.130. The molecule has 2 heterocycles. The van der Waals surface area contributed by atoms with Crippen molar-refractivity contribution in [3.05, 3.63) is 34.3 Å². The minimum absolute atomic E-state index is 0. The van der Waals surface area contributed by atoms with Gasteiger partial charge in [-0.05, 0) is 49.5 Å². The summed E-state index contributed by atoms with van der Waals surface area (Å²) in [4.78, 5) is 2.59. The molecule has 0 bridgehead atoms. The van der Waals surface area contributed by atoms with Crippen molar-refractivity contribution in [1.82, 2.24) is 10.2 Å². The molecule has 0 amide bonds. The fourth-order valence-electron chi connectivity index (χ4n) is 3.18. The number of hydrogen-bond acceptors (Lipinski definition) is 3. The van der Waals surface area contributed by atoms with E-state index in [9.17, 15) is 0 Å². The summed E-state index contributed by atoms with van der Waals surface area (Å²) in [6.45, 7) is 6.57. The van der Waals surface area contributed by atoms with E-state index < -0.39 is 0 Å². The first-order chi connectivity index (χ1) is 9.81. The highest BCUT2D eigenvalue weighted by Gasteiger charge is 2.24. The summed E-state index contributed by atoms with van der Waals surface area (Å²) in [7, 11) is 0. The molecule has 1 aromatic rings. The zero-order valence-electron chi connectivity index (χ0n) is 12.3. The zero-order chi connectivity index (χ0) is 13.8. The van der Waals surface area contributed by atoms with E-state index in [-0.39, 0.29) is 18.5 Å². The Balaban J connectivity index is 0.00000161. The molecule has 2 aliphatic heterocycles. The van der Waals surface area contributed by atoms with E-state index in [2.05, 4.69) is 50.4 Å². The van der Waals surface area contributed by atoms with Gasteiger partial charge in [0.2, 0.25) is 0 Å². The van der Waals surface area contributed by atoms with Gasteiger partial charge in [0.25, 0.3) is 0 Å². The van der Waals surface area contributed by atoms with Crippen LogP contribution in [0.2, 0.25) is 0 Å². The largest absolute Gasteiger partial charge is 0.371 e. The zero-order valence-corrected chi connectivity index (χ0v) is 14.7. The summed E-state index contributed by atoms with van der Waals surface area (Å²) in [5.41, 5.74) is 1.29. The van der Waals surface area contributed by atoms with E-state index in [4.69, 9.17) is 4.74 Å². The summed E-state index contributed by atoms with van der Waals surface area (Å²) >= 11 is 3.49. The Labute approximate surface area is 142 Å². The molecule has 0 spiro atoms. The molecule has 1 N–H and O–H groups in total. The minimum atomic E-state index is 0. The molecule has 118 valence electrons. The predicted octanol–water partition coefficient (Wildman–Crippen LogP) is 3.24. The number of nitrogens with one attached hydrogen (secondary N) is 1. The molecule has 2 aliphatic rings. The lowest BCUT2D eigenvalue weighted by Gasteiger charge is -2.36. The Morgan fingerprint density at radius 3 is 2.62 bits per heavy atom. The van der Waals surface area contributed by atoms with Crippen molar-refractivity contribution in [2.24, 2.45) is 5.92 Å². The average molecular weight is 376 g/mol. The standard InChI is InChI=1S/C16H23BrN2O.ClH/c17-15-3-1-14(2-4-15)16-12-19(9-10-20-16)11-13-5-7-18-8-6-13;/h1-4,13,16,18H,5-12H2;1H. The van der Waals surface area contributed by atoms with E-state index in [1.807, 2.05) is 0 Å². The van der Waals surface area contributed by atoms with Crippen LogP contribution in [0.5, 0.6) is 0 Å². The Kier molecular flexibility index (Phi) is 6.96. The molecule has 0 aromatic heterocycles. The van der Waals surface area contributed by atoms with E-state index >= 15 is 0 Å². The number of nitrogens with zero attached hydrogens (tertiary/aromatic N) is 1. The van der Waals surface area contributed by atoms with Gasteiger partial charge in [0.1, 0.15) is 0 Å². The molecule has 21 heavy (non-hydrogen) atoms. The van der Waals surface area contributed by atoms with Crippen LogP contribution in [0.1, 0.15) is 24.5 Å². The molecule has 5 heteroatoms. The number of rotatable bonds is 3. The third-order valence-electron chi connectivity index (χ3n) is 4.37. The molecule has 3 nitrogen and oxygen atoms in total. The van der Waals surface area contributed by atoms with Crippen LogP contribution in [0.15, 0.2) is 28.7 Å². The summed E-state index contributed by atoms with van der Waals surface area (Å²) in [5.74, 6) is 0.861. The highest BCUT2D eigenvalue weighted by Crippen LogP contribution is 2.25. The lowest BCUT2D eigenvalue weighted by Crippen LogP contribution is -2.43. The van der Waals surface area contributed by atoms with Gasteiger partial charge in [-0.25, -0.2) is 0 Å². The smallest absolute Gasteiger partial charge is 0.0952 e. The molecule has 1 atom stereocenters. The Morgan fingerprint density at radius 1 is 1.19 bits per heavy atom. The van der Waals surface area contributed by atoms with Crippen LogP contribution in [-0.4, -0.2) is 44.2 Å². The summed E-state index contributed by atoms with van der Waals surface area (Å²) in [6.07, 6.45) is 2.87. The lowest BCUT2D eigenvalue weighted by molar-refractivity contribution is -0.0356. The van der Waals surface area contributed by atoms with E-state index in [0.29, 0.717) is 0 Å². The third kappa shape index (κ3) is 4.93. The number of piperidine rings is 1. The molecule has 0 aliphatic carbocycles. The molecule has 2 saturated heterocycles. The highest BCUT2D eigenvalue weighted by molar-refractivity contribution is 9.10. The molecule has 3 rings (SSSR count). The number of ether oxygens (including phenoxy) is 1. The van der Waals surface area contributed by atoms with Gasteiger partial charge in [0.15, 0.2) is 0 Å². The van der Waals surface area contributed by atoms with Crippen molar-refractivity contribution in [2.45, 2.75) is 18.9 Å². The minimum Gasteiger partial charge on any atom is -0.371 e. The van der Waals surface area contributed by atoms with Gasteiger partial charge >= 0.3 is 0 Å². The van der Waals surface area contributed by atoms with Gasteiger partial charge in [0.05, 0.1) is 12.7 Å². The van der Waals surface area contributed by atoms with Crippen molar-refractivity contribution >= 4 is 28.3 Å². The monoisotopic (exact) mass is 374 g/mol. The second kappa shape index (κ2) is 8.49. The first-order valence-electron chi connectivity index (χ1n) is 7.61. The van der Waals surface area contributed by atoms with Crippen molar-refractivity contribution in [3.8, 4) is 0 Å². The second-order valence-corrected chi connectivity index (χ2v) is 6.78. The SMILES string of the molecule is Brc1ccc(C2CN(CC3CCNCC3)CCO2)cc1.Cl. The van der Waals surface area contributed by atoms with Crippen LogP contribution < -0.4 is 5.32 Å². The predicted molar refractivity (Wildman–Crippen MR) is 92.1 cm³/mol. The van der Waals surface area contributed by atoms with Gasteiger partial charge < -0.3 is 10.1 Å². The van der Waals surface area contributed by atoms with Gasteiger partial charge in [-0.2, -0.15) is 0 Å². The quantitative estimate of drug-likeness (QED) is 0.878. The highest BCUT2D eigenvalue weighted by atomic mass is 79.9. The Bertz CT molecular complexity index is 423. The molecule has 2 fully saturated rings. The van der Waals surface area contributed by atoms with Crippen LogP contribution in [0.3, 0.4) is 0 Å². The molecule has 1 aromatic carbocycles. The number of halogens is 2. The fraction of sp³-hybridized carbons (Fsp3) is 0.625. The van der Waals surface area contributed by atoms with Gasteiger partial charge in [-0.15, -0.1) is 12.4 Å². The second-order valence-electron chi connectivity index (χ2n) is 5.86. The van der Waals surface area contributed by atoms with Crippen LogP contribution in [0.25, 0.3) is 0 Å². The van der Waals surface area contributed by atoms with Gasteiger partial charge in [-0.1, -0.05) is 28.1 Å². The average Bonchev–Trinajstić information content (AvgIpc) is 2.49. The molecule has 1 unspecified atom stereocenters. The van der Waals surface area contributed by atoms with Crippen LogP contribution in [0, 0.1) is 5.92 Å². The Morgan fingerprint density at radius 2 is 1.90 bits per heavy atom. The van der Waals surface area contributed by atoms with Crippen LogP contribution in [0.4, 0.5) is 0 Å². The summed E-state index contributed by atoms with van der Waals surface area (Å²) in [6, 6.07) is 8.54. The fourth-order valence-corrected chi connectivity index (χ4v) is 3.44. The topological polar surface area (TPSA) is 24.5 Å². The van der Waals surface area contributed by atoms with Crippen molar-refractivity contribution in [3.63, 3.8) is 0 Å². The van der Waals surface area contributed by atoms with Crippen molar-refractivity contribution in [2.75, 3.05) is 39.3 Å². The third-order valence-corrected chi connectivity index (χ3v) is 4.90. The maximum Gasteiger partial charge on any atom is 0.0952 e. The lowest BCUT2D eigenvalue weighted by atomic mass is 9.97. The number of benzene rings is 1. The first-order valence-corrected chi connectivity index (χ1v) is 8.41. The molecular weight excluding hydrogens is 352 g/mol.